The van der Waals surface area contributed by atoms with Gasteiger partial charge in [0.25, 0.3) is 0 Å². The Bertz CT molecular complexity index is 273. The third kappa shape index (κ3) is 2.70. The molecule has 0 nitrogen and oxygen atoms in total. The summed E-state index contributed by atoms with van der Waals surface area (Å²) < 4.78 is 0. The molecule has 5 radical (unpaired) electrons. The van der Waals surface area contributed by atoms with Crippen LogP contribution in [0.3, 0.4) is 0 Å². The quantitative estimate of drug-likeness (QED) is 0.487. The Kier molecular flexibility index (Phi) is 4.50. The minimum absolute atomic E-state index is 0. The maximum Gasteiger partial charge on any atom is 0.0256 e. The third-order valence-corrected chi connectivity index (χ3v) is 1.20. The summed E-state index contributed by atoms with van der Waals surface area (Å²) in [7, 11) is 0. The van der Waals surface area contributed by atoms with Crippen molar-refractivity contribution in [3.05, 3.63) is 41.8 Å². The zero-order valence-corrected chi connectivity index (χ0v) is 8.74. The monoisotopic (exact) mass is 251 g/mol. The average Bonchev–Trinajstić information content (AvgIpc) is 2.05. The van der Waals surface area contributed by atoms with Gasteiger partial charge in [0.1, 0.15) is 0 Å². The molecule has 0 atom stereocenters. The van der Waals surface area contributed by atoms with Crippen LogP contribution in [-0.4, -0.2) is 23.9 Å². The Hall–Kier alpha value is -0.861. The minimum Gasteiger partial charge on any atom is -0.115 e. The topological polar surface area (TPSA) is 0 Å². The predicted octanol–water partition coefficient (Wildman–Crippen LogP) is 1.96. The third-order valence-electron chi connectivity index (χ3n) is 1.20. The minimum atomic E-state index is 0. The second kappa shape index (κ2) is 4.88. The van der Waals surface area contributed by atoms with E-state index < -0.39 is 0 Å². The van der Waals surface area contributed by atoms with Crippen molar-refractivity contribution >= 4 is 23.9 Å². The molecule has 0 amide bonds. The van der Waals surface area contributed by atoms with E-state index in [1.54, 1.807) is 24.3 Å². The molecule has 0 heterocycles. The summed E-state index contributed by atoms with van der Waals surface area (Å²) in [6.07, 6.45) is 11.9. The van der Waals surface area contributed by atoms with E-state index in [0.29, 0.717) is 0 Å². The van der Waals surface area contributed by atoms with Crippen molar-refractivity contribution in [2.75, 3.05) is 0 Å². The van der Waals surface area contributed by atoms with Gasteiger partial charge in [-0.2, -0.15) is 0 Å². The zero-order chi connectivity index (χ0) is 7.40. The molecule has 0 fully saturated rings. The van der Waals surface area contributed by atoms with Crippen molar-refractivity contribution < 1.29 is 4.28 Å². The molecule has 55 valence electrons. The molecule has 0 unspecified atom stereocenters. The summed E-state index contributed by atoms with van der Waals surface area (Å²) in [5.74, 6) is 4.75. The van der Waals surface area contributed by atoms with Gasteiger partial charge in [-0.15, -0.1) is 6.42 Å². The van der Waals surface area contributed by atoms with E-state index in [1.807, 2.05) is 0 Å². The molecule has 0 spiro atoms. The van der Waals surface area contributed by atoms with E-state index in [2.05, 4.69) is 11.8 Å². The summed E-state index contributed by atoms with van der Waals surface area (Å²) in [6.45, 7) is 0. The first kappa shape index (κ1) is 10.1. The largest absolute Gasteiger partial charge is 0.115 e. The molecular weight excluding hydrogens is 239 g/mol. The van der Waals surface area contributed by atoms with Gasteiger partial charge in [-0.05, 0) is 30.7 Å². The van der Waals surface area contributed by atoms with Crippen molar-refractivity contribution in [1.82, 2.24) is 0 Å². The fourth-order valence-electron chi connectivity index (χ4n) is 0.650. The van der Waals surface area contributed by atoms with Gasteiger partial charge in [-0.25, -0.2) is 0 Å². The van der Waals surface area contributed by atoms with Gasteiger partial charge in [0, 0.05) is 39.3 Å². The van der Waals surface area contributed by atoms with Gasteiger partial charge < -0.3 is 0 Å². The van der Waals surface area contributed by atoms with Crippen LogP contribution in [0, 0.1) is 24.7 Å². The molecule has 0 aliphatic rings. The molecule has 1 heteroatoms. The van der Waals surface area contributed by atoms with Crippen molar-refractivity contribution in [1.29, 1.82) is 0 Å². The molecule has 1 aromatic carbocycles. The van der Waals surface area contributed by atoms with E-state index in [1.165, 1.54) is 0 Å². The van der Waals surface area contributed by atoms with Gasteiger partial charge in [0.2, 0.25) is 0 Å². The first-order chi connectivity index (χ1) is 4.86. The molecular formula is C10H11Sn. The van der Waals surface area contributed by atoms with Crippen molar-refractivity contribution in [3.63, 3.8) is 0 Å². The van der Waals surface area contributed by atoms with Crippen molar-refractivity contribution in [3.8, 4) is 18.3 Å². The normalized spacial score (nSPS) is 7.09. The molecule has 11 heavy (non-hydrogen) atoms. The molecule has 0 saturated heterocycles. The summed E-state index contributed by atoms with van der Waals surface area (Å²) in [5, 5.41) is 0. The fourth-order valence-corrected chi connectivity index (χ4v) is 0.650. The summed E-state index contributed by atoms with van der Waals surface area (Å²) >= 11 is 0. The van der Waals surface area contributed by atoms with Crippen LogP contribution in [0.2, 0.25) is 0 Å². The Morgan fingerprint density at radius 3 is 2.00 bits per heavy atom. The Morgan fingerprint density at radius 1 is 1.18 bits per heavy atom. The maximum atomic E-state index is 6.77. The maximum absolute atomic E-state index is 6.77. The van der Waals surface area contributed by atoms with E-state index in [9.17, 15) is 0 Å². The van der Waals surface area contributed by atoms with Crippen LogP contribution >= 0.6 is 0 Å². The first-order valence-corrected chi connectivity index (χ1v) is 2.86. The number of hydrogen-bond acceptors (Lipinski definition) is 0. The average molecular weight is 250 g/mol. The molecule has 0 bridgehead atoms. The standard InChI is InChI=1S/C10H5.Sn.3H2/c1-3-9-5-7-10(4-2)8-6-9;;;;/h1,5-8H;;3*1H. The molecule has 0 saturated carbocycles. The molecule has 0 aromatic heterocycles. The van der Waals surface area contributed by atoms with Crippen LogP contribution < -0.4 is 0 Å². The summed E-state index contributed by atoms with van der Waals surface area (Å²) in [4.78, 5) is 0. The van der Waals surface area contributed by atoms with Crippen molar-refractivity contribution in [2.45, 2.75) is 0 Å². The van der Waals surface area contributed by atoms with Gasteiger partial charge in [-0.1, -0.05) is 11.8 Å². The van der Waals surface area contributed by atoms with Gasteiger partial charge in [0.05, 0.1) is 0 Å². The van der Waals surface area contributed by atoms with Crippen LogP contribution in [-0.2, 0) is 0 Å². The SMILES string of the molecule is [C]#Cc1ccc(C#C)cc1.[HH].[HH].[HH].[Sn]. The zero-order valence-electron chi connectivity index (χ0n) is 5.89. The van der Waals surface area contributed by atoms with Crippen LogP contribution in [0.15, 0.2) is 24.3 Å². The second-order valence-corrected chi connectivity index (χ2v) is 1.85. The molecule has 0 N–H and O–H groups in total. The molecule has 0 aliphatic heterocycles. The Balaban J connectivity index is -0.000000125. The van der Waals surface area contributed by atoms with Crippen LogP contribution in [0.25, 0.3) is 0 Å². The predicted molar refractivity (Wildman–Crippen MR) is 52.7 cm³/mol. The van der Waals surface area contributed by atoms with Gasteiger partial charge >= 0.3 is 0 Å². The summed E-state index contributed by atoms with van der Waals surface area (Å²) in [6, 6.07) is 7.11. The van der Waals surface area contributed by atoms with E-state index in [0.717, 1.165) is 11.1 Å². The molecule has 1 rings (SSSR count). The Labute approximate surface area is 88.4 Å². The Morgan fingerprint density at radius 2 is 1.64 bits per heavy atom. The van der Waals surface area contributed by atoms with Crippen LogP contribution in [0.4, 0.5) is 0 Å². The smallest absolute Gasteiger partial charge is 0.0256 e. The number of hydrogen-bond donors (Lipinski definition) is 0. The molecule has 0 aliphatic carbocycles. The van der Waals surface area contributed by atoms with Gasteiger partial charge in [-0.3, -0.25) is 0 Å². The number of terminal acetylenes is 1. The number of rotatable bonds is 0. The van der Waals surface area contributed by atoms with Gasteiger partial charge in [0.15, 0.2) is 0 Å². The van der Waals surface area contributed by atoms with E-state index >= 15 is 0 Å². The number of benzene rings is 1. The second-order valence-electron chi connectivity index (χ2n) is 1.85. The first-order valence-electron chi connectivity index (χ1n) is 2.86. The van der Waals surface area contributed by atoms with Crippen LogP contribution in [0.1, 0.15) is 15.4 Å². The fraction of sp³-hybridized carbons (Fsp3) is 0. The van der Waals surface area contributed by atoms with E-state index in [-0.39, 0.29) is 28.2 Å². The summed E-state index contributed by atoms with van der Waals surface area (Å²) in [5.41, 5.74) is 1.58. The van der Waals surface area contributed by atoms with E-state index in [4.69, 9.17) is 12.8 Å². The van der Waals surface area contributed by atoms with Crippen LogP contribution in [0.5, 0.6) is 0 Å². The van der Waals surface area contributed by atoms with Crippen molar-refractivity contribution in [2.24, 2.45) is 0 Å². The molecule has 1 aromatic rings.